The van der Waals surface area contributed by atoms with E-state index in [1.807, 2.05) is 0 Å². The smallest absolute Gasteiger partial charge is 0.306 e. The number of hydrogen-bond acceptors (Lipinski definition) is 6. The van der Waals surface area contributed by atoms with E-state index < -0.39 is 6.10 Å². The van der Waals surface area contributed by atoms with Gasteiger partial charge in [-0.25, -0.2) is 0 Å². The number of hydrogen-bond donors (Lipinski definition) is 0. The molecule has 0 unspecified atom stereocenters. The van der Waals surface area contributed by atoms with E-state index in [0.29, 0.717) is 19.3 Å². The molecule has 0 saturated carbocycles. The van der Waals surface area contributed by atoms with Gasteiger partial charge in [-0.05, 0) is 103 Å². The molecule has 1 atom stereocenters. The van der Waals surface area contributed by atoms with Crippen LogP contribution in [0.3, 0.4) is 0 Å². The zero-order valence-corrected chi connectivity index (χ0v) is 41.6. The first-order valence-corrected chi connectivity index (χ1v) is 26.8. The van der Waals surface area contributed by atoms with Crippen LogP contribution in [0, 0.1) is 0 Å². The maximum atomic E-state index is 12.8. The van der Waals surface area contributed by atoms with E-state index in [1.165, 1.54) is 109 Å². The summed E-state index contributed by atoms with van der Waals surface area (Å²) in [6.07, 6.45) is 63.4. The molecule has 0 fully saturated rings. The van der Waals surface area contributed by atoms with Gasteiger partial charge in [0.15, 0.2) is 6.10 Å². The van der Waals surface area contributed by atoms with Gasteiger partial charge in [-0.15, -0.1) is 0 Å². The average Bonchev–Trinajstić information content (AvgIpc) is 3.28. The second-order valence-electron chi connectivity index (χ2n) is 17.7. The molecule has 0 rings (SSSR count). The Morgan fingerprint density at radius 2 is 0.619 bits per heavy atom. The van der Waals surface area contributed by atoms with E-state index in [9.17, 15) is 14.4 Å². The third-order valence-electron chi connectivity index (χ3n) is 11.5. The molecule has 0 spiro atoms. The Bertz CT molecular complexity index is 1150. The highest BCUT2D eigenvalue weighted by Crippen LogP contribution is 2.14. The van der Waals surface area contributed by atoms with Crippen LogP contribution in [0.2, 0.25) is 0 Å². The van der Waals surface area contributed by atoms with Gasteiger partial charge in [0.2, 0.25) is 0 Å². The van der Waals surface area contributed by atoms with Gasteiger partial charge in [0.1, 0.15) is 13.2 Å². The summed E-state index contributed by atoms with van der Waals surface area (Å²) < 4.78 is 16.8. The molecular weight excluding hydrogens is 781 g/mol. The molecule has 63 heavy (non-hydrogen) atoms. The van der Waals surface area contributed by atoms with Crippen LogP contribution in [0.4, 0.5) is 0 Å². The third-order valence-corrected chi connectivity index (χ3v) is 11.5. The summed E-state index contributed by atoms with van der Waals surface area (Å²) in [7, 11) is 0. The van der Waals surface area contributed by atoms with Crippen molar-refractivity contribution < 1.29 is 28.6 Å². The third kappa shape index (κ3) is 50.0. The van der Waals surface area contributed by atoms with Gasteiger partial charge in [0.05, 0.1) is 0 Å². The molecule has 0 aromatic rings. The van der Waals surface area contributed by atoms with Crippen LogP contribution in [-0.2, 0) is 28.6 Å². The monoisotopic (exact) mass is 881 g/mol. The zero-order chi connectivity index (χ0) is 45.8. The maximum Gasteiger partial charge on any atom is 0.306 e. The van der Waals surface area contributed by atoms with Crippen molar-refractivity contribution in [3.63, 3.8) is 0 Å². The first-order valence-electron chi connectivity index (χ1n) is 26.8. The minimum Gasteiger partial charge on any atom is -0.462 e. The summed E-state index contributed by atoms with van der Waals surface area (Å²) in [6.45, 7) is 6.50. The molecule has 364 valence electrons. The second-order valence-corrected chi connectivity index (χ2v) is 17.7. The van der Waals surface area contributed by atoms with Crippen LogP contribution in [0.1, 0.15) is 265 Å². The standard InChI is InChI=1S/C57H100O6/c1-4-7-10-13-16-19-22-25-28-31-34-37-40-43-46-49-55(58)61-52-54(63-57(60)51-48-45-42-39-36-33-30-27-24-21-18-15-12-9-6-3)53-62-56(59)50-47-44-41-38-35-32-29-26-23-20-17-14-11-8-5-2/h7,10,16,19,25-30,54H,4-6,8-9,11-15,17-18,20-24,31-53H2,1-3H3/b10-7-,19-16-,28-25-,29-26-,30-27-/t54-/m1/s1. The van der Waals surface area contributed by atoms with Crippen molar-refractivity contribution in [3.8, 4) is 0 Å². The Kier molecular flexibility index (Phi) is 49.4. The van der Waals surface area contributed by atoms with Crippen molar-refractivity contribution in [3.05, 3.63) is 60.8 Å². The van der Waals surface area contributed by atoms with Crippen molar-refractivity contribution in [1.82, 2.24) is 0 Å². The van der Waals surface area contributed by atoms with E-state index in [-0.39, 0.29) is 31.1 Å². The van der Waals surface area contributed by atoms with Crippen molar-refractivity contribution >= 4 is 17.9 Å². The Balaban J connectivity index is 4.42. The van der Waals surface area contributed by atoms with E-state index in [2.05, 4.69) is 81.5 Å². The lowest BCUT2D eigenvalue weighted by molar-refractivity contribution is -0.167. The summed E-state index contributed by atoms with van der Waals surface area (Å²) in [5, 5.41) is 0. The van der Waals surface area contributed by atoms with Gasteiger partial charge in [-0.3, -0.25) is 14.4 Å². The molecular formula is C57H100O6. The van der Waals surface area contributed by atoms with Crippen LogP contribution in [0.5, 0.6) is 0 Å². The van der Waals surface area contributed by atoms with Gasteiger partial charge in [-0.2, -0.15) is 0 Å². The average molecular weight is 881 g/mol. The Morgan fingerprint density at radius 3 is 0.984 bits per heavy atom. The van der Waals surface area contributed by atoms with Crippen molar-refractivity contribution in [2.45, 2.75) is 271 Å². The molecule has 0 aromatic heterocycles. The molecule has 0 aliphatic heterocycles. The van der Waals surface area contributed by atoms with E-state index in [4.69, 9.17) is 14.2 Å². The molecule has 6 heteroatoms. The van der Waals surface area contributed by atoms with E-state index >= 15 is 0 Å². The highest BCUT2D eigenvalue weighted by Gasteiger charge is 2.19. The molecule has 0 amide bonds. The second kappa shape index (κ2) is 51.7. The number of unbranched alkanes of at least 4 members (excludes halogenated alkanes) is 27. The predicted octanol–water partition coefficient (Wildman–Crippen LogP) is 17.6. The lowest BCUT2D eigenvalue weighted by Gasteiger charge is -2.18. The summed E-state index contributed by atoms with van der Waals surface area (Å²) in [5.74, 6) is -0.915. The Hall–Kier alpha value is -2.89. The Labute approximate surface area is 390 Å². The normalized spacial score (nSPS) is 12.5. The molecule has 0 aromatic carbocycles. The largest absolute Gasteiger partial charge is 0.462 e. The summed E-state index contributed by atoms with van der Waals surface area (Å²) in [5.41, 5.74) is 0. The SMILES string of the molecule is CC/C=C\C/C=C\C/C=C\CCCCCCCC(=O)OC[C@H](COC(=O)CCCCCCC/C=C\CCCCCCCC)OC(=O)CCCCCCC/C=C\CCCCCCCC. The van der Waals surface area contributed by atoms with Gasteiger partial charge < -0.3 is 14.2 Å². The van der Waals surface area contributed by atoms with Crippen molar-refractivity contribution in [1.29, 1.82) is 0 Å². The minimum atomic E-state index is -0.788. The first kappa shape index (κ1) is 60.1. The quantitative estimate of drug-likeness (QED) is 0.0262. The maximum absolute atomic E-state index is 12.8. The molecule has 0 N–H and O–H groups in total. The van der Waals surface area contributed by atoms with Crippen LogP contribution in [0.15, 0.2) is 60.8 Å². The summed E-state index contributed by atoms with van der Waals surface area (Å²) >= 11 is 0. The number of rotatable bonds is 48. The molecule has 0 aliphatic rings. The summed E-state index contributed by atoms with van der Waals surface area (Å²) in [4.78, 5) is 38.0. The molecule has 0 bridgehead atoms. The molecule has 0 heterocycles. The number of carbonyl (C=O) groups excluding carboxylic acids is 3. The fraction of sp³-hybridized carbons (Fsp3) is 0.772. The van der Waals surface area contributed by atoms with Crippen LogP contribution < -0.4 is 0 Å². The number of ether oxygens (including phenoxy) is 3. The topological polar surface area (TPSA) is 78.9 Å². The van der Waals surface area contributed by atoms with Gasteiger partial charge in [0, 0.05) is 19.3 Å². The lowest BCUT2D eigenvalue weighted by atomic mass is 10.1. The van der Waals surface area contributed by atoms with Crippen LogP contribution >= 0.6 is 0 Å². The first-order chi connectivity index (χ1) is 31.0. The van der Waals surface area contributed by atoms with Crippen LogP contribution in [0.25, 0.3) is 0 Å². The zero-order valence-electron chi connectivity index (χ0n) is 41.6. The van der Waals surface area contributed by atoms with E-state index in [0.717, 1.165) is 116 Å². The molecule has 6 nitrogen and oxygen atoms in total. The number of carbonyl (C=O) groups is 3. The molecule has 0 radical (unpaired) electrons. The highest BCUT2D eigenvalue weighted by atomic mass is 16.6. The fourth-order valence-corrected chi connectivity index (χ4v) is 7.45. The van der Waals surface area contributed by atoms with Gasteiger partial charge >= 0.3 is 17.9 Å². The lowest BCUT2D eigenvalue weighted by Crippen LogP contribution is -2.30. The highest BCUT2D eigenvalue weighted by molar-refractivity contribution is 5.71. The fourth-order valence-electron chi connectivity index (χ4n) is 7.45. The predicted molar refractivity (Wildman–Crippen MR) is 270 cm³/mol. The summed E-state index contributed by atoms with van der Waals surface area (Å²) in [6, 6.07) is 0. The van der Waals surface area contributed by atoms with Gasteiger partial charge in [-0.1, -0.05) is 204 Å². The van der Waals surface area contributed by atoms with Gasteiger partial charge in [0.25, 0.3) is 0 Å². The number of esters is 3. The van der Waals surface area contributed by atoms with Crippen molar-refractivity contribution in [2.24, 2.45) is 0 Å². The van der Waals surface area contributed by atoms with Crippen LogP contribution in [-0.4, -0.2) is 37.2 Å². The van der Waals surface area contributed by atoms with E-state index in [1.54, 1.807) is 0 Å². The Morgan fingerprint density at radius 1 is 0.333 bits per heavy atom. The number of allylic oxidation sites excluding steroid dienone is 10. The molecule has 0 saturated heterocycles. The minimum absolute atomic E-state index is 0.0870. The van der Waals surface area contributed by atoms with Crippen molar-refractivity contribution in [2.75, 3.05) is 13.2 Å². The molecule has 0 aliphatic carbocycles.